The molecule has 0 saturated heterocycles. The van der Waals surface area contributed by atoms with Gasteiger partial charge in [0.15, 0.2) is 5.69 Å². The lowest BCUT2D eigenvalue weighted by Gasteiger charge is -2.07. The molecule has 0 amide bonds. The number of hydrogen-bond acceptors (Lipinski definition) is 2. The molecule has 0 bridgehead atoms. The van der Waals surface area contributed by atoms with Crippen molar-refractivity contribution in [2.24, 2.45) is 7.05 Å². The van der Waals surface area contributed by atoms with Crippen molar-refractivity contribution >= 4 is 32.7 Å². The maximum atomic E-state index is 6.39. The first-order chi connectivity index (χ1) is 12.6. The fourth-order valence-corrected chi connectivity index (χ4v) is 3.77. The van der Waals surface area contributed by atoms with E-state index in [4.69, 9.17) is 4.42 Å². The lowest BCUT2D eigenvalue weighted by molar-refractivity contribution is -0.663. The molecule has 0 N–H and O–H groups in total. The summed E-state index contributed by atoms with van der Waals surface area (Å²) in [5, 5.41) is 4.74. The van der Waals surface area contributed by atoms with Crippen LogP contribution in [0.5, 0.6) is 0 Å². The van der Waals surface area contributed by atoms with E-state index in [1.165, 1.54) is 16.3 Å². The Labute approximate surface area is 151 Å². The molecule has 0 fully saturated rings. The molecule has 5 rings (SSSR count). The molecule has 26 heavy (non-hydrogen) atoms. The smallest absolute Gasteiger partial charge is 0.286 e. The minimum Gasteiger partial charge on any atom is -0.455 e. The van der Waals surface area contributed by atoms with E-state index in [-0.39, 0.29) is 0 Å². The molecule has 0 saturated carbocycles. The van der Waals surface area contributed by atoms with Crippen molar-refractivity contribution < 1.29 is 8.98 Å². The summed E-state index contributed by atoms with van der Waals surface area (Å²) in [6.07, 6.45) is 1.86. The molecule has 3 aromatic carbocycles. The molecule has 0 aliphatic heterocycles. The number of aromatic nitrogens is 2. The Morgan fingerprint density at radius 3 is 2.46 bits per heavy atom. The van der Waals surface area contributed by atoms with Crippen LogP contribution in [0.3, 0.4) is 0 Å². The number of hydrogen-bond donors (Lipinski definition) is 0. The summed E-state index contributed by atoms with van der Waals surface area (Å²) in [5.74, 6) is 0. The Morgan fingerprint density at radius 2 is 1.65 bits per heavy atom. The average molecular weight is 339 g/mol. The highest BCUT2D eigenvalue weighted by Gasteiger charge is 2.19. The SMILES string of the molecule is Cc1cc(-c2c(C)ccc3c2oc2cc4ccccc4cc23)[n+](C)cn1. The van der Waals surface area contributed by atoms with Crippen LogP contribution in [0.15, 0.2) is 65.3 Å². The van der Waals surface area contributed by atoms with Gasteiger partial charge in [-0.25, -0.2) is 4.57 Å². The topological polar surface area (TPSA) is 29.9 Å². The summed E-state index contributed by atoms with van der Waals surface area (Å²) in [5.41, 5.74) is 6.31. The number of benzene rings is 3. The molecule has 0 unspecified atom stereocenters. The Kier molecular flexibility index (Phi) is 3.13. The van der Waals surface area contributed by atoms with Gasteiger partial charge in [0, 0.05) is 23.8 Å². The molecule has 0 atom stereocenters. The first-order valence-electron chi connectivity index (χ1n) is 8.79. The molecule has 2 aromatic heterocycles. The van der Waals surface area contributed by atoms with Gasteiger partial charge in [0.25, 0.3) is 6.33 Å². The number of rotatable bonds is 1. The van der Waals surface area contributed by atoms with E-state index >= 15 is 0 Å². The van der Waals surface area contributed by atoms with Crippen LogP contribution in [0, 0.1) is 13.8 Å². The van der Waals surface area contributed by atoms with Crippen LogP contribution in [0.1, 0.15) is 11.3 Å². The summed E-state index contributed by atoms with van der Waals surface area (Å²) in [4.78, 5) is 4.39. The zero-order chi connectivity index (χ0) is 17.8. The lowest BCUT2D eigenvalue weighted by atomic mass is 10.00. The van der Waals surface area contributed by atoms with Gasteiger partial charge in [-0.05, 0) is 35.4 Å². The molecular formula is C23H19N2O+. The quantitative estimate of drug-likeness (QED) is 0.391. The van der Waals surface area contributed by atoms with E-state index < -0.39 is 0 Å². The van der Waals surface area contributed by atoms with Gasteiger partial charge in [-0.15, -0.1) is 0 Å². The molecule has 3 nitrogen and oxygen atoms in total. The molecule has 0 radical (unpaired) electrons. The molecule has 5 aromatic rings. The first kappa shape index (κ1) is 15.1. The van der Waals surface area contributed by atoms with Gasteiger partial charge in [0.2, 0.25) is 0 Å². The predicted octanol–water partition coefficient (Wildman–Crippen LogP) is 5.24. The highest BCUT2D eigenvalue weighted by atomic mass is 16.3. The zero-order valence-electron chi connectivity index (χ0n) is 15.1. The lowest BCUT2D eigenvalue weighted by Crippen LogP contribution is -2.31. The first-order valence-corrected chi connectivity index (χ1v) is 8.79. The van der Waals surface area contributed by atoms with Crippen LogP contribution in [0.25, 0.3) is 44.0 Å². The highest BCUT2D eigenvalue weighted by molar-refractivity contribution is 6.13. The van der Waals surface area contributed by atoms with E-state index in [2.05, 4.69) is 71.1 Å². The summed E-state index contributed by atoms with van der Waals surface area (Å²) in [6, 6.07) is 19.2. The van der Waals surface area contributed by atoms with Gasteiger partial charge < -0.3 is 4.42 Å². The van der Waals surface area contributed by atoms with E-state index in [0.29, 0.717) is 0 Å². The van der Waals surface area contributed by atoms with Gasteiger partial charge in [-0.2, -0.15) is 0 Å². The molecule has 2 heterocycles. The zero-order valence-corrected chi connectivity index (χ0v) is 15.1. The molecule has 3 heteroatoms. The van der Waals surface area contributed by atoms with E-state index in [0.717, 1.165) is 38.9 Å². The maximum absolute atomic E-state index is 6.39. The van der Waals surface area contributed by atoms with Crippen LogP contribution in [-0.2, 0) is 7.05 Å². The van der Waals surface area contributed by atoms with Crippen LogP contribution >= 0.6 is 0 Å². The average Bonchev–Trinajstić information content (AvgIpc) is 2.99. The largest absolute Gasteiger partial charge is 0.455 e. The number of nitrogens with zero attached hydrogens (tertiary/aromatic N) is 2. The second-order valence-corrected chi connectivity index (χ2v) is 6.96. The highest BCUT2D eigenvalue weighted by Crippen LogP contribution is 2.38. The standard InChI is InChI=1S/C23H19N2O/c1-14-8-9-18-19-11-16-6-4-5-7-17(16)12-21(19)26-23(18)22(14)20-10-15(2)24-13-25(20)3/h4-13H,1-3H3/q+1. The minimum atomic E-state index is 0.930. The van der Waals surface area contributed by atoms with Gasteiger partial charge in [0.1, 0.15) is 16.9 Å². The normalized spacial score (nSPS) is 11.7. The van der Waals surface area contributed by atoms with Crippen LogP contribution in [-0.4, -0.2) is 4.98 Å². The fourth-order valence-electron chi connectivity index (χ4n) is 3.77. The van der Waals surface area contributed by atoms with E-state index in [9.17, 15) is 0 Å². The van der Waals surface area contributed by atoms with Gasteiger partial charge in [0.05, 0.1) is 12.6 Å². The van der Waals surface area contributed by atoms with Crippen molar-refractivity contribution in [3.05, 3.63) is 72.2 Å². The van der Waals surface area contributed by atoms with Crippen molar-refractivity contribution in [2.75, 3.05) is 0 Å². The van der Waals surface area contributed by atoms with Crippen molar-refractivity contribution in [3.8, 4) is 11.3 Å². The van der Waals surface area contributed by atoms with E-state index in [1.54, 1.807) is 0 Å². The third-order valence-electron chi connectivity index (χ3n) is 5.13. The fraction of sp³-hybridized carbons (Fsp3) is 0.130. The predicted molar refractivity (Wildman–Crippen MR) is 105 cm³/mol. The van der Waals surface area contributed by atoms with Crippen molar-refractivity contribution in [1.29, 1.82) is 0 Å². The summed E-state index contributed by atoms with van der Waals surface area (Å²) >= 11 is 0. The van der Waals surface area contributed by atoms with E-state index in [1.807, 2.05) is 20.3 Å². The summed E-state index contributed by atoms with van der Waals surface area (Å²) in [7, 11) is 2.02. The third kappa shape index (κ3) is 2.14. The Hall–Kier alpha value is -3.20. The van der Waals surface area contributed by atoms with Crippen molar-refractivity contribution in [1.82, 2.24) is 4.98 Å². The monoisotopic (exact) mass is 339 g/mol. The second-order valence-electron chi connectivity index (χ2n) is 6.96. The Balaban J connectivity index is 1.93. The molecule has 0 spiro atoms. The maximum Gasteiger partial charge on any atom is 0.286 e. The van der Waals surface area contributed by atoms with Crippen LogP contribution in [0.4, 0.5) is 0 Å². The number of aryl methyl sites for hydroxylation is 3. The third-order valence-corrected chi connectivity index (χ3v) is 5.13. The summed E-state index contributed by atoms with van der Waals surface area (Å²) < 4.78 is 8.44. The molecule has 0 aliphatic rings. The van der Waals surface area contributed by atoms with Crippen LogP contribution in [0.2, 0.25) is 0 Å². The summed E-state index contributed by atoms with van der Waals surface area (Å²) in [6.45, 7) is 4.15. The van der Waals surface area contributed by atoms with Gasteiger partial charge in [-0.3, -0.25) is 0 Å². The second kappa shape index (κ2) is 5.40. The minimum absolute atomic E-state index is 0.930. The Bertz CT molecular complexity index is 1310. The van der Waals surface area contributed by atoms with Gasteiger partial charge >= 0.3 is 0 Å². The number of fused-ring (bicyclic) bond motifs is 4. The molecule has 0 aliphatic carbocycles. The van der Waals surface area contributed by atoms with Crippen LogP contribution < -0.4 is 4.57 Å². The van der Waals surface area contributed by atoms with Crippen molar-refractivity contribution in [2.45, 2.75) is 13.8 Å². The molecule has 126 valence electrons. The number of furan rings is 1. The Morgan fingerprint density at radius 1 is 0.885 bits per heavy atom. The van der Waals surface area contributed by atoms with Gasteiger partial charge in [-0.1, -0.05) is 41.4 Å². The van der Waals surface area contributed by atoms with Crippen molar-refractivity contribution in [3.63, 3.8) is 0 Å². The molecular weight excluding hydrogens is 320 g/mol.